The van der Waals surface area contributed by atoms with Crippen LogP contribution in [0.3, 0.4) is 0 Å². The van der Waals surface area contributed by atoms with Crippen LogP contribution in [0, 0.1) is 5.92 Å². The molecule has 152 valence electrons. The minimum Gasteiger partial charge on any atom is -0.356 e. The van der Waals surface area contributed by atoms with Crippen LogP contribution in [-0.2, 0) is 6.54 Å². The molecule has 2 unspecified atom stereocenters. The predicted molar refractivity (Wildman–Crippen MR) is 129 cm³/mol. The number of halogens is 1. The van der Waals surface area contributed by atoms with Crippen molar-refractivity contribution in [2.45, 2.75) is 25.4 Å². The normalized spacial score (nSPS) is 20.9. The summed E-state index contributed by atoms with van der Waals surface area (Å²) in [7, 11) is 4.07. The number of guanidine groups is 1. The number of rotatable bonds is 5. The first kappa shape index (κ1) is 21.5. The molecule has 4 rings (SSSR count). The second-order valence-electron chi connectivity index (χ2n) is 6.97. The first-order valence-corrected chi connectivity index (χ1v) is 11.1. The van der Waals surface area contributed by atoms with Crippen LogP contribution in [0.5, 0.6) is 0 Å². The zero-order valence-corrected chi connectivity index (χ0v) is 20.1. The van der Waals surface area contributed by atoms with E-state index in [2.05, 4.69) is 60.7 Å². The van der Waals surface area contributed by atoms with Gasteiger partial charge in [0.15, 0.2) is 10.9 Å². The highest BCUT2D eigenvalue weighted by atomic mass is 127. The third kappa shape index (κ3) is 4.87. The van der Waals surface area contributed by atoms with Crippen LogP contribution in [0.15, 0.2) is 40.3 Å². The van der Waals surface area contributed by atoms with E-state index in [-0.39, 0.29) is 24.0 Å². The molecule has 2 atom stereocenters. The number of likely N-dealkylation sites (tertiary alicyclic amines) is 1. The Bertz CT molecular complexity index is 859. The number of imidazole rings is 1. The number of hydrogen-bond acceptors (Lipinski definition) is 5. The Labute approximate surface area is 191 Å². The van der Waals surface area contributed by atoms with Gasteiger partial charge in [0.05, 0.1) is 12.2 Å². The topological polar surface area (TPSA) is 57.0 Å². The van der Waals surface area contributed by atoms with Gasteiger partial charge in [0, 0.05) is 42.3 Å². The molecule has 6 nitrogen and oxygen atoms in total. The van der Waals surface area contributed by atoms with Crippen molar-refractivity contribution >= 4 is 57.6 Å². The van der Waals surface area contributed by atoms with Crippen LogP contribution >= 0.6 is 46.7 Å². The molecule has 0 amide bonds. The zero-order chi connectivity index (χ0) is 18.6. The number of aromatic nitrogens is 2. The van der Waals surface area contributed by atoms with Gasteiger partial charge in [-0.1, -0.05) is 6.07 Å². The Morgan fingerprint density at radius 1 is 1.32 bits per heavy atom. The van der Waals surface area contributed by atoms with E-state index < -0.39 is 0 Å². The maximum absolute atomic E-state index is 4.62. The van der Waals surface area contributed by atoms with Crippen LogP contribution in [0.25, 0.3) is 4.96 Å². The number of aliphatic imine (C=N–C) groups is 1. The van der Waals surface area contributed by atoms with Crippen molar-refractivity contribution in [3.05, 3.63) is 45.9 Å². The Balaban J connectivity index is 0.00000225. The quantitative estimate of drug-likeness (QED) is 0.299. The summed E-state index contributed by atoms with van der Waals surface area (Å²) in [6, 6.07) is 4.91. The number of fused-ring (bicyclic) bond motifs is 1. The molecule has 0 aromatic carbocycles. The van der Waals surface area contributed by atoms with E-state index in [1.165, 1.54) is 24.3 Å². The molecule has 1 fully saturated rings. The van der Waals surface area contributed by atoms with E-state index in [1.54, 1.807) is 11.3 Å². The highest BCUT2D eigenvalue weighted by molar-refractivity contribution is 14.0. The maximum Gasteiger partial charge on any atom is 0.193 e. The molecule has 1 aliphatic rings. The van der Waals surface area contributed by atoms with Crippen LogP contribution in [0.2, 0.25) is 0 Å². The molecule has 0 saturated carbocycles. The third-order valence-electron chi connectivity index (χ3n) is 5.18. The van der Waals surface area contributed by atoms with Crippen LogP contribution in [0.4, 0.5) is 0 Å². The van der Waals surface area contributed by atoms with Crippen LogP contribution in [0.1, 0.15) is 29.5 Å². The molecule has 9 heteroatoms. The Kier molecular flexibility index (Phi) is 7.72. The summed E-state index contributed by atoms with van der Waals surface area (Å²) in [4.78, 5) is 14.0. The summed E-state index contributed by atoms with van der Waals surface area (Å²) >= 11 is 3.51. The van der Waals surface area contributed by atoms with Gasteiger partial charge < -0.3 is 10.6 Å². The lowest BCUT2D eigenvalue weighted by Crippen LogP contribution is -2.44. The van der Waals surface area contributed by atoms with Gasteiger partial charge in [-0.3, -0.25) is 14.3 Å². The zero-order valence-electron chi connectivity index (χ0n) is 16.2. The first-order valence-electron chi connectivity index (χ1n) is 9.34. The lowest BCUT2D eigenvalue weighted by Gasteiger charge is -2.39. The van der Waals surface area contributed by atoms with Gasteiger partial charge in [0.2, 0.25) is 0 Å². The highest BCUT2D eigenvalue weighted by Gasteiger charge is 2.31. The van der Waals surface area contributed by atoms with Gasteiger partial charge in [-0.25, -0.2) is 4.98 Å². The molecule has 1 saturated heterocycles. The standard InChI is InChI=1S/C19H26N6S2.HI/c1-20-18(22-12-15-13-25-8-10-27-19(25)23-15)21-11-14-5-3-7-24(2)17(14)16-6-4-9-26-16;/h4,6,8-10,13-14,17H,3,5,7,11-12H2,1-2H3,(H2,20,21,22);1H. The van der Waals surface area contributed by atoms with Crippen molar-refractivity contribution in [2.24, 2.45) is 10.9 Å². The van der Waals surface area contributed by atoms with Gasteiger partial charge in [-0.05, 0) is 43.8 Å². The van der Waals surface area contributed by atoms with Crippen molar-refractivity contribution in [3.63, 3.8) is 0 Å². The molecule has 3 aromatic heterocycles. The Morgan fingerprint density at radius 3 is 2.96 bits per heavy atom. The van der Waals surface area contributed by atoms with E-state index in [9.17, 15) is 0 Å². The molecule has 0 aliphatic carbocycles. The first-order chi connectivity index (χ1) is 13.2. The largest absolute Gasteiger partial charge is 0.356 e. The summed E-state index contributed by atoms with van der Waals surface area (Å²) < 4.78 is 2.06. The number of nitrogens with zero attached hydrogens (tertiary/aromatic N) is 4. The second kappa shape index (κ2) is 10.0. The van der Waals surface area contributed by atoms with Crippen molar-refractivity contribution in [1.82, 2.24) is 24.9 Å². The number of piperidine rings is 1. The molecule has 28 heavy (non-hydrogen) atoms. The summed E-state index contributed by atoms with van der Waals surface area (Å²) in [6.45, 7) is 2.77. The molecule has 3 aromatic rings. The number of hydrogen-bond donors (Lipinski definition) is 2. The third-order valence-corrected chi connectivity index (χ3v) is 6.89. The fourth-order valence-corrected chi connectivity index (χ4v) is 5.57. The van der Waals surface area contributed by atoms with E-state index in [0.29, 0.717) is 18.5 Å². The number of thiazole rings is 1. The second-order valence-corrected chi connectivity index (χ2v) is 8.83. The maximum atomic E-state index is 4.62. The van der Waals surface area contributed by atoms with E-state index in [1.807, 2.05) is 30.0 Å². The van der Waals surface area contributed by atoms with Gasteiger partial charge in [0.1, 0.15) is 0 Å². The van der Waals surface area contributed by atoms with Crippen LogP contribution in [-0.4, -0.2) is 47.4 Å². The van der Waals surface area contributed by atoms with Gasteiger partial charge in [0.25, 0.3) is 0 Å². The fourth-order valence-electron chi connectivity index (χ4n) is 3.87. The molecule has 4 heterocycles. The monoisotopic (exact) mass is 530 g/mol. The number of nitrogens with one attached hydrogen (secondary N) is 2. The molecule has 0 bridgehead atoms. The Morgan fingerprint density at radius 2 is 2.21 bits per heavy atom. The average Bonchev–Trinajstić information content (AvgIpc) is 3.39. The lowest BCUT2D eigenvalue weighted by molar-refractivity contribution is 0.125. The molecule has 2 N–H and O–H groups in total. The molecule has 0 radical (unpaired) electrons. The SMILES string of the molecule is CN=C(NCc1cn2ccsc2n1)NCC1CCCN(C)C1c1cccs1.I. The summed E-state index contributed by atoms with van der Waals surface area (Å²) in [6.07, 6.45) is 6.60. The smallest absolute Gasteiger partial charge is 0.193 e. The average molecular weight is 531 g/mol. The number of thiophene rings is 1. The lowest BCUT2D eigenvalue weighted by atomic mass is 9.88. The highest BCUT2D eigenvalue weighted by Crippen LogP contribution is 2.36. The summed E-state index contributed by atoms with van der Waals surface area (Å²) in [5.41, 5.74) is 1.03. The van der Waals surface area contributed by atoms with E-state index in [0.717, 1.165) is 23.2 Å². The van der Waals surface area contributed by atoms with Crippen molar-refractivity contribution in [1.29, 1.82) is 0 Å². The molecular formula is C19H27IN6S2. The minimum absolute atomic E-state index is 0. The summed E-state index contributed by atoms with van der Waals surface area (Å²) in [5.74, 6) is 1.42. The minimum atomic E-state index is 0. The Hall–Kier alpha value is -1.17. The summed E-state index contributed by atoms with van der Waals surface area (Å²) in [5, 5.41) is 11.2. The van der Waals surface area contributed by atoms with Crippen molar-refractivity contribution in [3.8, 4) is 0 Å². The van der Waals surface area contributed by atoms with Crippen molar-refractivity contribution in [2.75, 3.05) is 27.2 Å². The predicted octanol–water partition coefficient (Wildman–Crippen LogP) is 3.82. The van der Waals surface area contributed by atoms with Crippen LogP contribution < -0.4 is 10.6 Å². The van der Waals surface area contributed by atoms with Gasteiger partial charge in [-0.15, -0.1) is 46.7 Å². The van der Waals surface area contributed by atoms with E-state index >= 15 is 0 Å². The molecular weight excluding hydrogens is 503 g/mol. The van der Waals surface area contributed by atoms with E-state index in [4.69, 9.17) is 0 Å². The van der Waals surface area contributed by atoms with Gasteiger partial charge in [-0.2, -0.15) is 0 Å². The van der Waals surface area contributed by atoms with Crippen molar-refractivity contribution < 1.29 is 0 Å². The molecule has 1 aliphatic heterocycles. The fraction of sp³-hybridized carbons (Fsp3) is 0.474. The van der Waals surface area contributed by atoms with Gasteiger partial charge >= 0.3 is 0 Å². The molecule has 0 spiro atoms.